The van der Waals surface area contributed by atoms with E-state index in [1.807, 2.05) is 37.6 Å². The van der Waals surface area contributed by atoms with Gasteiger partial charge >= 0.3 is 0 Å². The number of alkyl halides is 1. The van der Waals surface area contributed by atoms with E-state index in [1.165, 1.54) is 0 Å². The van der Waals surface area contributed by atoms with Crippen molar-refractivity contribution in [1.29, 1.82) is 0 Å². The van der Waals surface area contributed by atoms with Crippen LogP contribution in [0.3, 0.4) is 0 Å². The van der Waals surface area contributed by atoms with Crippen molar-refractivity contribution in [3.05, 3.63) is 36.8 Å². The fourth-order valence-electron chi connectivity index (χ4n) is 4.15. The Morgan fingerprint density at radius 2 is 2.06 bits per heavy atom. The van der Waals surface area contributed by atoms with Gasteiger partial charge in [-0.15, -0.1) is 5.10 Å². The van der Waals surface area contributed by atoms with E-state index in [9.17, 15) is 4.39 Å². The molecule has 11 heteroatoms. The first kappa shape index (κ1) is 20.6. The monoisotopic (exact) mass is 439 g/mol. The second-order valence-electron chi connectivity index (χ2n) is 7.85. The molecular weight excluding hydrogens is 413 g/mol. The van der Waals surface area contributed by atoms with Gasteiger partial charge in [0.15, 0.2) is 11.5 Å². The minimum absolute atomic E-state index is 0.336. The number of nitrogens with zero attached hydrogens (tertiary/aromatic N) is 7. The van der Waals surface area contributed by atoms with E-state index in [1.54, 1.807) is 22.3 Å². The Kier molecular flexibility index (Phi) is 5.58. The second kappa shape index (κ2) is 8.67. The summed E-state index contributed by atoms with van der Waals surface area (Å²) in [4.78, 5) is 11.4. The van der Waals surface area contributed by atoms with E-state index in [2.05, 4.69) is 35.7 Å². The summed E-state index contributed by atoms with van der Waals surface area (Å²) in [5.74, 6) is 1.03. The van der Waals surface area contributed by atoms with E-state index in [0.29, 0.717) is 31.3 Å². The molecule has 0 spiro atoms. The molecule has 0 aromatic carbocycles. The van der Waals surface area contributed by atoms with E-state index in [0.717, 1.165) is 35.5 Å². The second-order valence-corrected chi connectivity index (χ2v) is 7.85. The number of fused-ring (bicyclic) bond motifs is 2. The molecule has 0 bridgehead atoms. The van der Waals surface area contributed by atoms with E-state index < -0.39 is 6.17 Å². The molecule has 5 rings (SSSR count). The number of halogens is 1. The lowest BCUT2D eigenvalue weighted by Crippen LogP contribution is -2.48. The van der Waals surface area contributed by atoms with Crippen molar-refractivity contribution >= 4 is 22.9 Å². The summed E-state index contributed by atoms with van der Waals surface area (Å²) in [7, 11) is 3.47. The van der Waals surface area contributed by atoms with Crippen molar-refractivity contribution < 1.29 is 9.13 Å². The fourth-order valence-corrected chi connectivity index (χ4v) is 4.15. The Hall–Kier alpha value is -3.31. The van der Waals surface area contributed by atoms with Crippen LogP contribution in [0.5, 0.6) is 0 Å². The molecule has 4 aromatic rings. The molecule has 5 heterocycles. The first-order valence-corrected chi connectivity index (χ1v) is 10.7. The predicted molar refractivity (Wildman–Crippen MR) is 120 cm³/mol. The van der Waals surface area contributed by atoms with Gasteiger partial charge in [-0.3, -0.25) is 4.90 Å². The SMILES string of the molecule is CNc1nc(N[C@@H]2CCN(CCOC)C[C@@H]2F)nn2ccc(-c3ccn4nccc4n3)c12. The minimum atomic E-state index is -1.01. The van der Waals surface area contributed by atoms with Crippen LogP contribution in [0.15, 0.2) is 36.8 Å². The number of methoxy groups -OCH3 is 1. The van der Waals surface area contributed by atoms with Crippen LogP contribution in [0.4, 0.5) is 16.2 Å². The lowest BCUT2D eigenvalue weighted by atomic mass is 10.0. The van der Waals surface area contributed by atoms with Gasteiger partial charge in [-0.25, -0.2) is 18.4 Å². The summed E-state index contributed by atoms with van der Waals surface area (Å²) in [6.07, 6.45) is 5.11. The van der Waals surface area contributed by atoms with Crippen molar-refractivity contribution in [1.82, 2.24) is 34.1 Å². The highest BCUT2D eigenvalue weighted by atomic mass is 19.1. The van der Waals surface area contributed by atoms with Gasteiger partial charge in [0.05, 0.1) is 24.5 Å². The maximum atomic E-state index is 14.8. The standard InChI is InChI=1S/C21H26FN9O/c1-23-20-19-14(16-6-10-30-18(25-16)3-7-24-30)4-9-31(19)28-21(27-20)26-17-5-8-29(11-12-32-2)13-15(17)22/h3-4,6-7,9-10,15,17H,5,8,11-13H2,1-2H3,(H2,23,26,27,28)/t15-,17+/m0/s1. The molecule has 0 amide bonds. The van der Waals surface area contributed by atoms with Crippen LogP contribution in [0, 0.1) is 0 Å². The summed E-state index contributed by atoms with van der Waals surface area (Å²) < 4.78 is 23.4. The number of hydrogen-bond acceptors (Lipinski definition) is 8. The van der Waals surface area contributed by atoms with Crippen LogP contribution in [0.1, 0.15) is 6.42 Å². The average molecular weight is 439 g/mol. The van der Waals surface area contributed by atoms with Gasteiger partial charge < -0.3 is 15.4 Å². The molecule has 1 fully saturated rings. The van der Waals surface area contributed by atoms with Crippen LogP contribution in [-0.4, -0.2) is 86.7 Å². The largest absolute Gasteiger partial charge is 0.383 e. The summed E-state index contributed by atoms with van der Waals surface area (Å²) in [5, 5.41) is 15.1. The molecule has 2 atom stereocenters. The van der Waals surface area contributed by atoms with Crippen LogP contribution in [0.2, 0.25) is 0 Å². The number of ether oxygens (including phenoxy) is 1. The lowest BCUT2D eigenvalue weighted by molar-refractivity contribution is 0.0918. The van der Waals surface area contributed by atoms with Crippen molar-refractivity contribution in [2.24, 2.45) is 0 Å². The highest BCUT2D eigenvalue weighted by Gasteiger charge is 2.30. The summed E-state index contributed by atoms with van der Waals surface area (Å²) in [6, 6.07) is 5.38. The first-order valence-electron chi connectivity index (χ1n) is 10.7. The van der Waals surface area contributed by atoms with Crippen molar-refractivity contribution in [2.45, 2.75) is 18.6 Å². The maximum absolute atomic E-state index is 14.8. The number of anilines is 2. The molecule has 0 saturated carbocycles. The maximum Gasteiger partial charge on any atom is 0.243 e. The number of nitrogens with one attached hydrogen (secondary N) is 2. The average Bonchev–Trinajstić information content (AvgIpc) is 3.45. The molecule has 10 nitrogen and oxygen atoms in total. The molecule has 1 aliphatic heterocycles. The van der Waals surface area contributed by atoms with Crippen molar-refractivity contribution in [2.75, 3.05) is 51.0 Å². The van der Waals surface area contributed by atoms with E-state index in [4.69, 9.17) is 4.74 Å². The fraction of sp³-hybridized carbons (Fsp3) is 0.429. The molecule has 1 saturated heterocycles. The summed E-state index contributed by atoms with van der Waals surface area (Å²) in [5.41, 5.74) is 3.27. The molecule has 0 aliphatic carbocycles. The number of rotatable bonds is 7. The topological polar surface area (TPSA) is 96.9 Å². The third-order valence-electron chi connectivity index (χ3n) is 5.83. The number of piperidine rings is 1. The van der Waals surface area contributed by atoms with Crippen LogP contribution < -0.4 is 10.6 Å². The Balaban J connectivity index is 1.40. The molecule has 32 heavy (non-hydrogen) atoms. The van der Waals surface area contributed by atoms with Gasteiger partial charge in [0.1, 0.15) is 11.7 Å². The Morgan fingerprint density at radius 1 is 1.19 bits per heavy atom. The van der Waals surface area contributed by atoms with Gasteiger partial charge in [0.2, 0.25) is 5.95 Å². The third kappa shape index (κ3) is 3.84. The number of hydrogen-bond donors (Lipinski definition) is 2. The molecule has 1 aliphatic rings. The zero-order chi connectivity index (χ0) is 22.1. The highest BCUT2D eigenvalue weighted by Crippen LogP contribution is 2.29. The molecular formula is C21H26FN9O. The van der Waals surface area contributed by atoms with Crippen LogP contribution >= 0.6 is 0 Å². The third-order valence-corrected chi connectivity index (χ3v) is 5.83. The zero-order valence-corrected chi connectivity index (χ0v) is 18.1. The smallest absolute Gasteiger partial charge is 0.243 e. The normalized spacial score (nSPS) is 19.6. The van der Waals surface area contributed by atoms with Gasteiger partial charge in [0, 0.05) is 57.8 Å². The highest BCUT2D eigenvalue weighted by molar-refractivity contribution is 5.87. The van der Waals surface area contributed by atoms with Crippen molar-refractivity contribution in [3.63, 3.8) is 0 Å². The Labute approximate surface area is 184 Å². The number of aromatic nitrogens is 6. The Morgan fingerprint density at radius 3 is 2.88 bits per heavy atom. The molecule has 168 valence electrons. The summed E-state index contributed by atoms with van der Waals surface area (Å²) in [6.45, 7) is 2.52. The molecule has 4 aromatic heterocycles. The molecule has 0 unspecified atom stereocenters. The summed E-state index contributed by atoms with van der Waals surface area (Å²) >= 11 is 0. The lowest BCUT2D eigenvalue weighted by Gasteiger charge is -2.34. The van der Waals surface area contributed by atoms with Gasteiger partial charge in [0.25, 0.3) is 0 Å². The molecule has 2 N–H and O–H groups in total. The number of likely N-dealkylation sites (tertiary alicyclic amines) is 1. The van der Waals surface area contributed by atoms with E-state index in [-0.39, 0.29) is 6.04 Å². The van der Waals surface area contributed by atoms with Crippen molar-refractivity contribution in [3.8, 4) is 11.3 Å². The van der Waals surface area contributed by atoms with Gasteiger partial charge in [-0.2, -0.15) is 10.1 Å². The van der Waals surface area contributed by atoms with E-state index >= 15 is 0 Å². The minimum Gasteiger partial charge on any atom is -0.383 e. The van der Waals surface area contributed by atoms with Gasteiger partial charge in [-0.1, -0.05) is 0 Å². The molecule has 0 radical (unpaired) electrons. The van der Waals surface area contributed by atoms with Gasteiger partial charge in [-0.05, 0) is 18.6 Å². The quantitative estimate of drug-likeness (QED) is 0.451. The van der Waals surface area contributed by atoms with Crippen LogP contribution in [-0.2, 0) is 4.74 Å². The first-order chi connectivity index (χ1) is 15.7. The predicted octanol–water partition coefficient (Wildman–Crippen LogP) is 1.95. The zero-order valence-electron chi connectivity index (χ0n) is 18.1. The van der Waals surface area contributed by atoms with Crippen LogP contribution in [0.25, 0.3) is 22.4 Å². The Bertz CT molecular complexity index is 1220.